The fourth-order valence-corrected chi connectivity index (χ4v) is 3.07. The number of ether oxygens (including phenoxy) is 2. The molecular weight excluding hydrogens is 370 g/mol. The standard InChI is InChI=1S/C21H35N5O3/c1-5-10-22-21(24-16-20(27)25(2)3)23-15-19(26-11-13-29-14-12-26)17-6-8-18(28-4)9-7-17/h6-9,19H,5,10-16H2,1-4H3,(H2,22,23,24). The van der Waals surface area contributed by atoms with Crippen molar-refractivity contribution < 1.29 is 14.3 Å². The van der Waals surface area contributed by atoms with Gasteiger partial charge in [0.1, 0.15) is 12.3 Å². The number of amides is 1. The highest BCUT2D eigenvalue weighted by molar-refractivity contribution is 5.84. The van der Waals surface area contributed by atoms with E-state index in [-0.39, 0.29) is 18.5 Å². The Balaban J connectivity index is 2.11. The zero-order chi connectivity index (χ0) is 21.1. The van der Waals surface area contributed by atoms with Crippen LogP contribution in [0.2, 0.25) is 0 Å². The number of carbonyl (C=O) groups excluding carboxylic acids is 1. The molecule has 1 aromatic rings. The summed E-state index contributed by atoms with van der Waals surface area (Å²) < 4.78 is 10.8. The molecule has 8 nitrogen and oxygen atoms in total. The number of benzene rings is 1. The van der Waals surface area contributed by atoms with E-state index in [4.69, 9.17) is 9.47 Å². The maximum absolute atomic E-state index is 11.9. The molecular formula is C21H35N5O3. The number of hydrogen-bond acceptors (Lipinski definition) is 5. The molecule has 1 amide bonds. The third kappa shape index (κ3) is 7.55. The molecule has 1 aromatic carbocycles. The normalized spacial score (nSPS) is 16.2. The summed E-state index contributed by atoms with van der Waals surface area (Å²) in [5, 5.41) is 6.72. The SMILES string of the molecule is CCCNC(=NCC(=O)N(C)C)NCC(c1ccc(OC)cc1)N1CCOCC1. The van der Waals surface area contributed by atoms with Gasteiger partial charge in [0, 0.05) is 40.3 Å². The number of carbonyl (C=O) groups is 1. The Morgan fingerprint density at radius 3 is 2.52 bits per heavy atom. The third-order valence-corrected chi connectivity index (χ3v) is 4.86. The van der Waals surface area contributed by atoms with Crippen molar-refractivity contribution in [2.24, 2.45) is 4.99 Å². The fourth-order valence-electron chi connectivity index (χ4n) is 3.07. The van der Waals surface area contributed by atoms with Gasteiger partial charge in [0.2, 0.25) is 5.91 Å². The van der Waals surface area contributed by atoms with Crippen LogP contribution < -0.4 is 15.4 Å². The molecule has 0 bridgehead atoms. The van der Waals surface area contributed by atoms with Crippen LogP contribution >= 0.6 is 0 Å². The molecule has 2 N–H and O–H groups in total. The van der Waals surface area contributed by atoms with Gasteiger partial charge < -0.3 is 25.0 Å². The molecule has 8 heteroatoms. The van der Waals surface area contributed by atoms with Crippen molar-refractivity contribution in [1.82, 2.24) is 20.4 Å². The van der Waals surface area contributed by atoms with Gasteiger partial charge >= 0.3 is 0 Å². The molecule has 0 radical (unpaired) electrons. The van der Waals surface area contributed by atoms with Gasteiger partial charge in [-0.25, -0.2) is 4.99 Å². The predicted octanol–water partition coefficient (Wildman–Crippen LogP) is 1.10. The van der Waals surface area contributed by atoms with Crippen LogP contribution in [0.1, 0.15) is 24.9 Å². The van der Waals surface area contributed by atoms with Crippen molar-refractivity contribution in [2.45, 2.75) is 19.4 Å². The quantitative estimate of drug-likeness (QED) is 0.473. The minimum Gasteiger partial charge on any atom is -0.497 e. The summed E-state index contributed by atoms with van der Waals surface area (Å²) in [5.74, 6) is 1.48. The minimum atomic E-state index is -0.0255. The highest BCUT2D eigenvalue weighted by atomic mass is 16.5. The van der Waals surface area contributed by atoms with E-state index >= 15 is 0 Å². The molecule has 1 fully saturated rings. The second-order valence-electron chi connectivity index (χ2n) is 7.20. The van der Waals surface area contributed by atoms with E-state index in [1.165, 1.54) is 5.56 Å². The largest absolute Gasteiger partial charge is 0.497 e. The fraction of sp³-hybridized carbons (Fsp3) is 0.619. The lowest BCUT2D eigenvalue weighted by Gasteiger charge is -2.35. The first-order valence-electron chi connectivity index (χ1n) is 10.2. The Bertz CT molecular complexity index is 642. The number of rotatable bonds is 9. The molecule has 162 valence electrons. The summed E-state index contributed by atoms with van der Waals surface area (Å²) in [6.07, 6.45) is 0.980. The van der Waals surface area contributed by atoms with E-state index < -0.39 is 0 Å². The van der Waals surface area contributed by atoms with Crippen LogP contribution in [-0.4, -0.2) is 88.8 Å². The van der Waals surface area contributed by atoms with Crippen LogP contribution in [0.15, 0.2) is 29.3 Å². The van der Waals surface area contributed by atoms with Crippen LogP contribution in [0.3, 0.4) is 0 Å². The summed E-state index contributed by atoms with van der Waals surface area (Å²) >= 11 is 0. The number of nitrogens with zero attached hydrogens (tertiary/aromatic N) is 3. The van der Waals surface area contributed by atoms with E-state index in [0.29, 0.717) is 12.5 Å². The van der Waals surface area contributed by atoms with E-state index in [9.17, 15) is 4.79 Å². The van der Waals surface area contributed by atoms with Crippen molar-refractivity contribution in [1.29, 1.82) is 0 Å². The van der Waals surface area contributed by atoms with E-state index in [1.807, 2.05) is 12.1 Å². The lowest BCUT2D eigenvalue weighted by atomic mass is 10.0. The number of aliphatic imine (C=N–C) groups is 1. The van der Waals surface area contributed by atoms with Gasteiger partial charge in [0.25, 0.3) is 0 Å². The van der Waals surface area contributed by atoms with Crippen molar-refractivity contribution in [3.8, 4) is 5.75 Å². The Morgan fingerprint density at radius 2 is 1.93 bits per heavy atom. The number of guanidine groups is 1. The molecule has 1 aliphatic rings. The summed E-state index contributed by atoms with van der Waals surface area (Å²) in [6, 6.07) is 8.35. The average Bonchev–Trinajstić information content (AvgIpc) is 2.76. The molecule has 1 atom stereocenters. The molecule has 0 spiro atoms. The number of nitrogens with one attached hydrogen (secondary N) is 2. The molecule has 0 aromatic heterocycles. The van der Waals surface area contributed by atoms with Gasteiger partial charge in [-0.1, -0.05) is 19.1 Å². The molecule has 1 heterocycles. The summed E-state index contributed by atoms with van der Waals surface area (Å²) in [6.45, 7) is 6.93. The summed E-state index contributed by atoms with van der Waals surface area (Å²) in [4.78, 5) is 20.3. The summed E-state index contributed by atoms with van der Waals surface area (Å²) in [7, 11) is 5.15. The average molecular weight is 406 g/mol. The van der Waals surface area contributed by atoms with Gasteiger partial charge in [0.15, 0.2) is 5.96 Å². The highest BCUT2D eigenvalue weighted by Crippen LogP contribution is 2.23. The van der Waals surface area contributed by atoms with Gasteiger partial charge in [0.05, 0.1) is 26.4 Å². The lowest BCUT2D eigenvalue weighted by Crippen LogP contribution is -2.46. The number of likely N-dealkylation sites (N-methyl/N-ethyl adjacent to an activating group) is 1. The van der Waals surface area contributed by atoms with Crippen molar-refractivity contribution in [3.05, 3.63) is 29.8 Å². The Hall–Kier alpha value is -2.32. The second kappa shape index (κ2) is 12.3. The van der Waals surface area contributed by atoms with Crippen molar-refractivity contribution >= 4 is 11.9 Å². The smallest absolute Gasteiger partial charge is 0.243 e. The maximum Gasteiger partial charge on any atom is 0.243 e. The molecule has 1 aliphatic heterocycles. The van der Waals surface area contributed by atoms with E-state index in [1.54, 1.807) is 26.1 Å². The van der Waals surface area contributed by atoms with Gasteiger partial charge in [-0.3, -0.25) is 9.69 Å². The predicted molar refractivity (Wildman–Crippen MR) is 115 cm³/mol. The van der Waals surface area contributed by atoms with Gasteiger partial charge in [-0.2, -0.15) is 0 Å². The van der Waals surface area contributed by atoms with Crippen molar-refractivity contribution in [3.63, 3.8) is 0 Å². The Morgan fingerprint density at radius 1 is 1.24 bits per heavy atom. The molecule has 2 rings (SSSR count). The molecule has 0 saturated carbocycles. The zero-order valence-electron chi connectivity index (χ0n) is 18.1. The van der Waals surface area contributed by atoms with Crippen LogP contribution in [0, 0.1) is 0 Å². The molecule has 1 unspecified atom stereocenters. The summed E-state index contributed by atoms with van der Waals surface area (Å²) in [5.41, 5.74) is 1.21. The first-order valence-corrected chi connectivity index (χ1v) is 10.2. The van der Waals surface area contributed by atoms with Crippen LogP contribution in [0.4, 0.5) is 0 Å². The second-order valence-corrected chi connectivity index (χ2v) is 7.20. The minimum absolute atomic E-state index is 0.0255. The lowest BCUT2D eigenvalue weighted by molar-refractivity contribution is -0.127. The van der Waals surface area contributed by atoms with Gasteiger partial charge in [-0.15, -0.1) is 0 Å². The molecule has 29 heavy (non-hydrogen) atoms. The monoisotopic (exact) mass is 405 g/mol. The number of methoxy groups -OCH3 is 1. The van der Waals surface area contributed by atoms with Crippen LogP contribution in [0.25, 0.3) is 0 Å². The zero-order valence-corrected chi connectivity index (χ0v) is 18.1. The first kappa shape index (κ1) is 23.0. The first-order chi connectivity index (χ1) is 14.0. The van der Waals surface area contributed by atoms with E-state index in [2.05, 4.69) is 39.6 Å². The van der Waals surface area contributed by atoms with Gasteiger partial charge in [-0.05, 0) is 24.1 Å². The number of morpholine rings is 1. The Labute approximate surface area is 174 Å². The third-order valence-electron chi connectivity index (χ3n) is 4.86. The van der Waals surface area contributed by atoms with Crippen LogP contribution in [-0.2, 0) is 9.53 Å². The topological polar surface area (TPSA) is 78.4 Å². The molecule has 0 aliphatic carbocycles. The highest BCUT2D eigenvalue weighted by Gasteiger charge is 2.23. The maximum atomic E-state index is 11.9. The number of hydrogen-bond donors (Lipinski definition) is 2. The van der Waals surface area contributed by atoms with Crippen LogP contribution in [0.5, 0.6) is 5.75 Å². The van der Waals surface area contributed by atoms with Crippen molar-refractivity contribution in [2.75, 3.05) is 67.1 Å². The van der Waals surface area contributed by atoms with E-state index in [0.717, 1.165) is 45.0 Å². The Kier molecular flexibility index (Phi) is 9.73. The molecule has 1 saturated heterocycles.